The second-order valence-corrected chi connectivity index (χ2v) is 6.96. The lowest BCUT2D eigenvalue weighted by molar-refractivity contribution is -0.130. The van der Waals surface area contributed by atoms with Gasteiger partial charge < -0.3 is 33.2 Å². The van der Waals surface area contributed by atoms with E-state index in [2.05, 4.69) is 16.0 Å². The van der Waals surface area contributed by atoms with Gasteiger partial charge in [0.1, 0.15) is 6.04 Å². The van der Waals surface area contributed by atoms with Gasteiger partial charge in [0.2, 0.25) is 24.0 Å². The average Bonchev–Trinajstić information content (AvgIpc) is 2.59. The Morgan fingerprint density at radius 2 is 1.71 bits per heavy atom. The Labute approximate surface area is 165 Å². The zero-order valence-corrected chi connectivity index (χ0v) is 16.4. The molecule has 28 heavy (non-hydrogen) atoms. The van der Waals surface area contributed by atoms with E-state index in [0.29, 0.717) is 19.4 Å². The van der Waals surface area contributed by atoms with Crippen LogP contribution in [0.15, 0.2) is 0 Å². The molecule has 11 heteroatoms. The highest BCUT2D eigenvalue weighted by molar-refractivity contribution is 5.91. The summed E-state index contributed by atoms with van der Waals surface area (Å²) in [5.74, 6) is -1.76. The summed E-state index contributed by atoms with van der Waals surface area (Å²) in [5.41, 5.74) is 16.1. The van der Waals surface area contributed by atoms with Gasteiger partial charge in [-0.05, 0) is 31.6 Å². The molecule has 3 unspecified atom stereocenters. The fraction of sp³-hybridized carbons (Fsp3) is 0.706. The molecule has 0 heterocycles. The molecule has 0 aromatic rings. The Kier molecular flexibility index (Phi) is 12.2. The normalized spacial score (nSPS) is 13.9. The number of hydrogen-bond acceptors (Lipinski definition) is 6. The smallest absolute Gasteiger partial charge is 0.243 e. The van der Waals surface area contributed by atoms with E-state index in [1.165, 1.54) is 0 Å². The van der Waals surface area contributed by atoms with Crippen molar-refractivity contribution in [3.05, 3.63) is 0 Å². The van der Waals surface area contributed by atoms with Crippen molar-refractivity contribution in [2.45, 2.75) is 64.1 Å². The van der Waals surface area contributed by atoms with Crippen molar-refractivity contribution in [1.29, 1.82) is 5.41 Å². The van der Waals surface area contributed by atoms with E-state index in [9.17, 15) is 19.2 Å². The van der Waals surface area contributed by atoms with Crippen LogP contribution >= 0.6 is 0 Å². The summed E-state index contributed by atoms with van der Waals surface area (Å²) in [7, 11) is 0. The lowest BCUT2D eigenvalue weighted by Gasteiger charge is -2.22. The quantitative estimate of drug-likeness (QED) is 0.0990. The van der Waals surface area contributed by atoms with Gasteiger partial charge in [0.05, 0.1) is 12.1 Å². The van der Waals surface area contributed by atoms with Crippen LogP contribution in [-0.2, 0) is 19.2 Å². The fourth-order valence-corrected chi connectivity index (χ4v) is 2.41. The fourth-order valence-electron chi connectivity index (χ4n) is 2.41. The SMILES string of the molecule is CC(C)CC(N)C(=O)NC(CCC(N)=O)C(=O)NC([C]=O)CCCNC(=N)N. The number of amides is 3. The van der Waals surface area contributed by atoms with Gasteiger partial charge >= 0.3 is 0 Å². The number of primary amides is 1. The second-order valence-electron chi connectivity index (χ2n) is 6.96. The van der Waals surface area contributed by atoms with Crippen LogP contribution in [0, 0.1) is 11.3 Å². The van der Waals surface area contributed by atoms with Crippen molar-refractivity contribution in [3.8, 4) is 0 Å². The third-order valence-corrected chi connectivity index (χ3v) is 3.82. The molecule has 159 valence electrons. The maximum absolute atomic E-state index is 12.5. The summed E-state index contributed by atoms with van der Waals surface area (Å²) in [6, 6.07) is -2.75. The molecule has 0 aliphatic heterocycles. The molecule has 0 aliphatic rings. The number of hydrogen-bond donors (Lipinski definition) is 7. The van der Waals surface area contributed by atoms with E-state index >= 15 is 0 Å². The minimum Gasteiger partial charge on any atom is -0.370 e. The number of rotatable bonds is 14. The molecule has 0 bridgehead atoms. The van der Waals surface area contributed by atoms with Gasteiger partial charge in [0, 0.05) is 13.0 Å². The Morgan fingerprint density at radius 1 is 1.07 bits per heavy atom. The predicted octanol–water partition coefficient (Wildman–Crippen LogP) is -2.03. The van der Waals surface area contributed by atoms with Crippen molar-refractivity contribution in [2.75, 3.05) is 6.54 Å². The summed E-state index contributed by atoms with van der Waals surface area (Å²) in [6.07, 6.45) is 2.74. The molecule has 11 nitrogen and oxygen atoms in total. The molecular formula is C17H32N7O4. The Morgan fingerprint density at radius 3 is 2.21 bits per heavy atom. The van der Waals surface area contributed by atoms with E-state index < -0.39 is 35.8 Å². The Hall–Kier alpha value is -2.69. The summed E-state index contributed by atoms with van der Waals surface area (Å²) >= 11 is 0. The minimum atomic E-state index is -1.05. The van der Waals surface area contributed by atoms with Gasteiger partial charge in [-0.15, -0.1) is 0 Å². The lowest BCUT2D eigenvalue weighted by Crippen LogP contribution is -2.54. The average molecular weight is 398 g/mol. The molecule has 3 amide bonds. The first-order valence-corrected chi connectivity index (χ1v) is 9.17. The van der Waals surface area contributed by atoms with Crippen LogP contribution in [0.3, 0.4) is 0 Å². The number of guanidine groups is 1. The molecule has 1 radical (unpaired) electrons. The van der Waals surface area contributed by atoms with Crippen LogP contribution in [-0.4, -0.2) is 54.6 Å². The van der Waals surface area contributed by atoms with Crippen LogP contribution in [0.25, 0.3) is 0 Å². The summed E-state index contributed by atoms with van der Waals surface area (Å²) in [5, 5.41) is 14.6. The van der Waals surface area contributed by atoms with Gasteiger partial charge in [-0.3, -0.25) is 24.6 Å². The number of nitrogens with one attached hydrogen (secondary N) is 4. The van der Waals surface area contributed by atoms with Crippen LogP contribution in [0.4, 0.5) is 0 Å². The molecule has 10 N–H and O–H groups in total. The van der Waals surface area contributed by atoms with Crippen molar-refractivity contribution >= 4 is 30.0 Å². The number of nitrogens with two attached hydrogens (primary N) is 3. The van der Waals surface area contributed by atoms with Gasteiger partial charge in [-0.1, -0.05) is 13.8 Å². The largest absolute Gasteiger partial charge is 0.370 e. The minimum absolute atomic E-state index is 0.0151. The first kappa shape index (κ1) is 25.3. The van der Waals surface area contributed by atoms with E-state index in [-0.39, 0.29) is 31.1 Å². The highest BCUT2D eigenvalue weighted by Gasteiger charge is 2.26. The first-order chi connectivity index (χ1) is 13.1. The van der Waals surface area contributed by atoms with Gasteiger partial charge in [0.25, 0.3) is 0 Å². The molecule has 0 aromatic heterocycles. The molecule has 0 saturated heterocycles. The second kappa shape index (κ2) is 13.5. The lowest BCUT2D eigenvalue weighted by atomic mass is 10.0. The topological polar surface area (TPSA) is 206 Å². The number of carbonyl (C=O) groups is 3. The van der Waals surface area contributed by atoms with E-state index in [0.717, 1.165) is 0 Å². The van der Waals surface area contributed by atoms with E-state index in [4.69, 9.17) is 22.6 Å². The molecule has 3 atom stereocenters. The zero-order valence-electron chi connectivity index (χ0n) is 16.4. The molecule has 0 fully saturated rings. The molecule has 0 aliphatic carbocycles. The summed E-state index contributed by atoms with van der Waals surface area (Å²) < 4.78 is 0. The van der Waals surface area contributed by atoms with E-state index in [1.54, 1.807) is 6.29 Å². The third-order valence-electron chi connectivity index (χ3n) is 3.82. The molecular weight excluding hydrogens is 366 g/mol. The van der Waals surface area contributed by atoms with E-state index in [1.807, 2.05) is 13.8 Å². The van der Waals surface area contributed by atoms with Crippen LogP contribution in [0.2, 0.25) is 0 Å². The number of carbonyl (C=O) groups excluding carboxylic acids is 4. The van der Waals surface area contributed by atoms with Crippen molar-refractivity contribution < 1.29 is 19.2 Å². The highest BCUT2D eigenvalue weighted by Crippen LogP contribution is 2.05. The Bertz CT molecular complexity index is 554. The van der Waals surface area contributed by atoms with Gasteiger partial charge in [-0.25, -0.2) is 0 Å². The highest BCUT2D eigenvalue weighted by atomic mass is 16.2. The molecule has 0 aromatic carbocycles. The maximum Gasteiger partial charge on any atom is 0.243 e. The first-order valence-electron chi connectivity index (χ1n) is 9.17. The van der Waals surface area contributed by atoms with Crippen LogP contribution in [0.1, 0.15) is 46.0 Å². The molecule has 0 rings (SSSR count). The standard InChI is InChI=1S/C17H32N7O4/c1-10(2)8-12(18)15(27)24-13(5-6-14(19)26)16(28)23-11(9-25)4-3-7-22-17(20)21/h10-13H,3-8,18H2,1-2H3,(H2,19,26)(H,23,28)(H,24,27)(H4,20,21,22). The van der Waals surface area contributed by atoms with Crippen LogP contribution in [0.5, 0.6) is 0 Å². The monoisotopic (exact) mass is 398 g/mol. The van der Waals surface area contributed by atoms with Crippen molar-refractivity contribution in [2.24, 2.45) is 23.1 Å². The molecule has 0 saturated carbocycles. The summed E-state index contributed by atoms with van der Waals surface area (Å²) in [4.78, 5) is 46.9. The summed E-state index contributed by atoms with van der Waals surface area (Å²) in [6.45, 7) is 4.18. The third kappa shape index (κ3) is 11.8. The Balaban J connectivity index is 4.84. The zero-order chi connectivity index (χ0) is 21.7. The van der Waals surface area contributed by atoms with Gasteiger partial charge in [0.15, 0.2) is 5.96 Å². The van der Waals surface area contributed by atoms with Crippen molar-refractivity contribution in [3.63, 3.8) is 0 Å². The van der Waals surface area contributed by atoms with Crippen LogP contribution < -0.4 is 33.2 Å². The maximum atomic E-state index is 12.5. The van der Waals surface area contributed by atoms with Gasteiger partial charge in [-0.2, -0.15) is 0 Å². The molecule has 0 spiro atoms. The van der Waals surface area contributed by atoms with Crippen molar-refractivity contribution in [1.82, 2.24) is 16.0 Å². The predicted molar refractivity (Wildman–Crippen MR) is 105 cm³/mol.